The second-order valence-electron chi connectivity index (χ2n) is 5.89. The van der Waals surface area contributed by atoms with E-state index in [2.05, 4.69) is 49.2 Å². The third-order valence-corrected chi connectivity index (χ3v) is 3.77. The average Bonchev–Trinajstić information content (AvgIpc) is 2.40. The zero-order valence-corrected chi connectivity index (χ0v) is 12.9. The molecule has 1 saturated heterocycles. The van der Waals surface area contributed by atoms with Crippen LogP contribution < -0.4 is 10.2 Å². The lowest BCUT2D eigenvalue weighted by Crippen LogP contribution is -2.48. The SMILES string of the molecule is Cc1cc(CNC(C)C)ccc1N1CCN(C)C(=O)C1. The fraction of sp³-hybridized carbons (Fsp3) is 0.562. The number of nitrogens with one attached hydrogen (secondary N) is 1. The Hall–Kier alpha value is -1.55. The van der Waals surface area contributed by atoms with Crippen molar-refractivity contribution in [2.75, 3.05) is 31.6 Å². The number of amides is 1. The van der Waals surface area contributed by atoms with Gasteiger partial charge in [-0.3, -0.25) is 4.79 Å². The quantitative estimate of drug-likeness (QED) is 0.909. The topological polar surface area (TPSA) is 35.6 Å². The maximum absolute atomic E-state index is 11.8. The van der Waals surface area contributed by atoms with E-state index < -0.39 is 0 Å². The number of nitrogens with zero attached hydrogens (tertiary/aromatic N) is 2. The average molecular weight is 275 g/mol. The van der Waals surface area contributed by atoms with Gasteiger partial charge in [0.15, 0.2) is 0 Å². The van der Waals surface area contributed by atoms with Crippen LogP contribution in [0.1, 0.15) is 25.0 Å². The first-order valence-corrected chi connectivity index (χ1v) is 7.29. The molecule has 2 rings (SSSR count). The van der Waals surface area contributed by atoms with Crippen LogP contribution in [0.4, 0.5) is 5.69 Å². The van der Waals surface area contributed by atoms with Gasteiger partial charge >= 0.3 is 0 Å². The van der Waals surface area contributed by atoms with Gasteiger partial charge in [0.1, 0.15) is 0 Å². The van der Waals surface area contributed by atoms with E-state index in [1.54, 1.807) is 4.90 Å². The Balaban J connectivity index is 2.08. The molecule has 0 spiro atoms. The second kappa shape index (κ2) is 6.27. The molecule has 1 aromatic rings. The first-order chi connectivity index (χ1) is 9.47. The molecule has 1 aliphatic rings. The summed E-state index contributed by atoms with van der Waals surface area (Å²) in [4.78, 5) is 15.8. The van der Waals surface area contributed by atoms with Crippen molar-refractivity contribution in [1.82, 2.24) is 10.2 Å². The number of hydrogen-bond acceptors (Lipinski definition) is 3. The number of carbonyl (C=O) groups excluding carboxylic acids is 1. The fourth-order valence-electron chi connectivity index (χ4n) is 2.47. The predicted molar refractivity (Wildman–Crippen MR) is 83.0 cm³/mol. The van der Waals surface area contributed by atoms with Crippen LogP contribution >= 0.6 is 0 Å². The first-order valence-electron chi connectivity index (χ1n) is 7.29. The maximum atomic E-state index is 11.8. The molecule has 1 heterocycles. The standard InChI is InChI=1S/C16H25N3O/c1-12(2)17-10-14-5-6-15(13(3)9-14)19-8-7-18(4)16(20)11-19/h5-6,9,12,17H,7-8,10-11H2,1-4H3. The van der Waals surface area contributed by atoms with Crippen LogP contribution in [0.25, 0.3) is 0 Å². The van der Waals surface area contributed by atoms with Crippen molar-refractivity contribution < 1.29 is 4.79 Å². The first kappa shape index (κ1) is 14.9. The summed E-state index contributed by atoms with van der Waals surface area (Å²) in [5, 5.41) is 3.43. The van der Waals surface area contributed by atoms with E-state index in [-0.39, 0.29) is 5.91 Å². The van der Waals surface area contributed by atoms with Gasteiger partial charge in [0.05, 0.1) is 6.54 Å². The molecule has 0 unspecified atom stereocenters. The van der Waals surface area contributed by atoms with Gasteiger partial charge in [-0.15, -0.1) is 0 Å². The van der Waals surface area contributed by atoms with Crippen molar-refractivity contribution in [3.8, 4) is 0 Å². The normalized spacial score (nSPS) is 16.1. The highest BCUT2D eigenvalue weighted by atomic mass is 16.2. The Morgan fingerprint density at radius 1 is 1.30 bits per heavy atom. The molecular weight excluding hydrogens is 250 g/mol. The lowest BCUT2D eigenvalue weighted by molar-refractivity contribution is -0.129. The van der Waals surface area contributed by atoms with Gasteiger partial charge in [-0.2, -0.15) is 0 Å². The molecule has 4 heteroatoms. The van der Waals surface area contributed by atoms with E-state index in [9.17, 15) is 4.79 Å². The van der Waals surface area contributed by atoms with E-state index in [1.165, 1.54) is 16.8 Å². The summed E-state index contributed by atoms with van der Waals surface area (Å²) < 4.78 is 0. The van der Waals surface area contributed by atoms with Crippen molar-refractivity contribution in [1.29, 1.82) is 0 Å². The molecule has 0 bridgehead atoms. The molecule has 1 amide bonds. The number of likely N-dealkylation sites (N-methyl/N-ethyl adjacent to an activating group) is 1. The molecule has 1 N–H and O–H groups in total. The highest BCUT2D eigenvalue weighted by Crippen LogP contribution is 2.22. The predicted octanol–water partition coefficient (Wildman–Crippen LogP) is 1.77. The van der Waals surface area contributed by atoms with Crippen molar-refractivity contribution in [2.24, 2.45) is 0 Å². The summed E-state index contributed by atoms with van der Waals surface area (Å²) in [6.07, 6.45) is 0. The summed E-state index contributed by atoms with van der Waals surface area (Å²) in [6.45, 7) is 9.51. The Bertz CT molecular complexity index is 485. The largest absolute Gasteiger partial charge is 0.360 e. The minimum absolute atomic E-state index is 0.196. The van der Waals surface area contributed by atoms with Gasteiger partial charge in [-0.25, -0.2) is 0 Å². The zero-order valence-electron chi connectivity index (χ0n) is 12.9. The molecule has 1 aromatic carbocycles. The smallest absolute Gasteiger partial charge is 0.241 e. The number of benzene rings is 1. The number of piperazine rings is 1. The molecule has 0 aliphatic carbocycles. The summed E-state index contributed by atoms with van der Waals surface area (Å²) >= 11 is 0. The summed E-state index contributed by atoms with van der Waals surface area (Å²) in [7, 11) is 1.87. The molecule has 0 saturated carbocycles. The van der Waals surface area contributed by atoms with Crippen LogP contribution in [0.15, 0.2) is 18.2 Å². The molecular formula is C16H25N3O. The Morgan fingerprint density at radius 2 is 2.05 bits per heavy atom. The molecule has 4 nitrogen and oxygen atoms in total. The lowest BCUT2D eigenvalue weighted by atomic mass is 10.1. The molecule has 1 aliphatic heterocycles. The number of hydrogen-bond donors (Lipinski definition) is 1. The summed E-state index contributed by atoms with van der Waals surface area (Å²) in [6, 6.07) is 7.00. The molecule has 1 fully saturated rings. The van der Waals surface area contributed by atoms with E-state index in [1.807, 2.05) is 7.05 Å². The molecule has 110 valence electrons. The number of carbonyl (C=O) groups is 1. The Kier molecular flexibility index (Phi) is 4.65. The summed E-state index contributed by atoms with van der Waals surface area (Å²) in [5.41, 5.74) is 3.71. The maximum Gasteiger partial charge on any atom is 0.241 e. The minimum Gasteiger partial charge on any atom is -0.360 e. The van der Waals surface area contributed by atoms with Gasteiger partial charge in [0.25, 0.3) is 0 Å². The van der Waals surface area contributed by atoms with E-state index in [4.69, 9.17) is 0 Å². The Morgan fingerprint density at radius 3 is 2.65 bits per heavy atom. The van der Waals surface area contributed by atoms with Crippen molar-refractivity contribution in [2.45, 2.75) is 33.4 Å². The third kappa shape index (κ3) is 3.51. The number of rotatable bonds is 4. The van der Waals surface area contributed by atoms with Crippen molar-refractivity contribution in [3.05, 3.63) is 29.3 Å². The third-order valence-electron chi connectivity index (χ3n) is 3.77. The number of aryl methyl sites for hydroxylation is 1. The van der Waals surface area contributed by atoms with Crippen LogP contribution in [0.2, 0.25) is 0 Å². The number of anilines is 1. The monoisotopic (exact) mass is 275 g/mol. The van der Waals surface area contributed by atoms with Gasteiger partial charge in [-0.05, 0) is 24.1 Å². The highest BCUT2D eigenvalue weighted by molar-refractivity contribution is 5.83. The van der Waals surface area contributed by atoms with E-state index >= 15 is 0 Å². The van der Waals surface area contributed by atoms with Gasteiger partial charge in [-0.1, -0.05) is 26.0 Å². The molecule has 0 atom stereocenters. The van der Waals surface area contributed by atoms with Crippen LogP contribution in [0, 0.1) is 6.92 Å². The summed E-state index contributed by atoms with van der Waals surface area (Å²) in [5.74, 6) is 0.196. The molecule has 20 heavy (non-hydrogen) atoms. The zero-order chi connectivity index (χ0) is 14.7. The van der Waals surface area contributed by atoms with Crippen LogP contribution in [0.3, 0.4) is 0 Å². The van der Waals surface area contributed by atoms with Crippen molar-refractivity contribution in [3.63, 3.8) is 0 Å². The second-order valence-corrected chi connectivity index (χ2v) is 5.89. The Labute approximate surface area is 121 Å². The highest BCUT2D eigenvalue weighted by Gasteiger charge is 2.22. The van der Waals surface area contributed by atoms with Crippen LogP contribution in [0.5, 0.6) is 0 Å². The van der Waals surface area contributed by atoms with E-state index in [0.29, 0.717) is 12.6 Å². The van der Waals surface area contributed by atoms with Crippen molar-refractivity contribution >= 4 is 11.6 Å². The van der Waals surface area contributed by atoms with Gasteiger partial charge in [0.2, 0.25) is 5.91 Å². The fourth-order valence-corrected chi connectivity index (χ4v) is 2.47. The molecule has 0 radical (unpaired) electrons. The van der Waals surface area contributed by atoms with E-state index in [0.717, 1.165) is 19.6 Å². The van der Waals surface area contributed by atoms with Crippen LogP contribution in [-0.2, 0) is 11.3 Å². The van der Waals surface area contributed by atoms with Crippen LogP contribution in [-0.4, -0.2) is 43.5 Å². The molecule has 0 aromatic heterocycles. The minimum atomic E-state index is 0.196. The van der Waals surface area contributed by atoms with Gasteiger partial charge in [0, 0.05) is 38.4 Å². The lowest BCUT2D eigenvalue weighted by Gasteiger charge is -2.34. The van der Waals surface area contributed by atoms with Gasteiger partial charge < -0.3 is 15.1 Å².